The highest BCUT2D eigenvalue weighted by molar-refractivity contribution is 6.17. The Kier molecular flexibility index (Phi) is 4.15. The van der Waals surface area contributed by atoms with E-state index in [1.54, 1.807) is 6.92 Å². The third-order valence-electron chi connectivity index (χ3n) is 2.03. The predicted molar refractivity (Wildman–Crippen MR) is 58.3 cm³/mol. The molecule has 4 nitrogen and oxygen atoms in total. The minimum absolute atomic E-state index is 0.0397. The van der Waals surface area contributed by atoms with E-state index in [-0.39, 0.29) is 34.9 Å². The van der Waals surface area contributed by atoms with Crippen LogP contribution < -0.4 is 0 Å². The van der Waals surface area contributed by atoms with E-state index in [0.29, 0.717) is 0 Å². The van der Waals surface area contributed by atoms with Crippen LogP contribution in [0, 0.1) is 11.3 Å². The molecule has 0 aliphatic heterocycles. The fourth-order valence-electron chi connectivity index (χ4n) is 1.28. The van der Waals surface area contributed by atoms with E-state index < -0.39 is 5.97 Å². The number of carbonyl (C=O) groups is 1. The molecule has 1 aromatic rings. The highest BCUT2D eigenvalue weighted by Gasteiger charge is 2.18. The van der Waals surface area contributed by atoms with Crippen LogP contribution in [0.25, 0.3) is 0 Å². The summed E-state index contributed by atoms with van der Waals surface area (Å²) in [7, 11) is 0. The van der Waals surface area contributed by atoms with E-state index in [9.17, 15) is 9.90 Å². The van der Waals surface area contributed by atoms with Crippen LogP contribution in [-0.4, -0.2) is 17.7 Å². The number of phenolic OH excluding ortho intramolecular Hbond substituents is 1. The summed E-state index contributed by atoms with van der Waals surface area (Å²) in [4.78, 5) is 11.5. The van der Waals surface area contributed by atoms with Gasteiger partial charge < -0.3 is 9.84 Å². The molecule has 0 aliphatic rings. The van der Waals surface area contributed by atoms with Crippen molar-refractivity contribution in [3.05, 3.63) is 28.8 Å². The van der Waals surface area contributed by atoms with Crippen molar-refractivity contribution in [3.8, 4) is 11.8 Å². The highest BCUT2D eigenvalue weighted by atomic mass is 35.5. The first-order chi connectivity index (χ1) is 7.65. The molecule has 0 aliphatic carbocycles. The molecule has 5 heteroatoms. The number of esters is 1. The Morgan fingerprint density at radius 1 is 1.62 bits per heavy atom. The Morgan fingerprint density at radius 2 is 2.31 bits per heavy atom. The minimum atomic E-state index is -0.592. The highest BCUT2D eigenvalue weighted by Crippen LogP contribution is 2.26. The van der Waals surface area contributed by atoms with E-state index in [1.165, 1.54) is 12.1 Å². The van der Waals surface area contributed by atoms with Crippen LogP contribution in [0.2, 0.25) is 0 Å². The van der Waals surface area contributed by atoms with E-state index in [0.717, 1.165) is 0 Å². The zero-order valence-corrected chi connectivity index (χ0v) is 9.41. The molecule has 0 heterocycles. The Balaban J connectivity index is 3.31. The molecule has 16 heavy (non-hydrogen) atoms. The number of rotatable bonds is 3. The molecule has 1 N–H and O–H groups in total. The van der Waals surface area contributed by atoms with Gasteiger partial charge in [0.05, 0.1) is 23.6 Å². The molecule has 0 fully saturated rings. The zero-order chi connectivity index (χ0) is 12.1. The molecule has 0 aromatic heterocycles. The zero-order valence-electron chi connectivity index (χ0n) is 8.66. The third kappa shape index (κ3) is 2.26. The number of benzene rings is 1. The molecule has 0 saturated heterocycles. The normalized spacial score (nSPS) is 9.56. The van der Waals surface area contributed by atoms with Crippen LogP contribution >= 0.6 is 11.6 Å². The fraction of sp³-hybridized carbons (Fsp3) is 0.273. The first kappa shape index (κ1) is 12.3. The van der Waals surface area contributed by atoms with Gasteiger partial charge in [-0.05, 0) is 19.1 Å². The Morgan fingerprint density at radius 3 is 2.81 bits per heavy atom. The van der Waals surface area contributed by atoms with Gasteiger partial charge in [-0.3, -0.25) is 0 Å². The quantitative estimate of drug-likeness (QED) is 0.648. The first-order valence-corrected chi connectivity index (χ1v) is 5.17. The molecule has 0 spiro atoms. The predicted octanol–water partition coefficient (Wildman–Crippen LogP) is 2.18. The second-order valence-electron chi connectivity index (χ2n) is 2.95. The summed E-state index contributed by atoms with van der Waals surface area (Å²) in [5.41, 5.74) is 0.431. The number of nitriles is 1. The molecule has 0 atom stereocenters. The average Bonchev–Trinajstić information content (AvgIpc) is 2.28. The Hall–Kier alpha value is -1.73. The van der Waals surface area contributed by atoms with Crippen LogP contribution in [0.4, 0.5) is 0 Å². The lowest BCUT2D eigenvalue weighted by Crippen LogP contribution is -2.08. The topological polar surface area (TPSA) is 70.3 Å². The lowest BCUT2D eigenvalue weighted by molar-refractivity contribution is 0.0526. The van der Waals surface area contributed by atoms with Crippen LogP contribution in [0.5, 0.6) is 5.75 Å². The molecule has 0 saturated carbocycles. The van der Waals surface area contributed by atoms with Crippen molar-refractivity contribution in [2.45, 2.75) is 12.8 Å². The lowest BCUT2D eigenvalue weighted by atomic mass is 10.0. The molecule has 0 amide bonds. The summed E-state index contributed by atoms with van der Waals surface area (Å²) in [5, 5.41) is 18.4. The molecule has 0 unspecified atom stereocenters. The van der Waals surface area contributed by atoms with Gasteiger partial charge in [0.15, 0.2) is 0 Å². The van der Waals surface area contributed by atoms with Gasteiger partial charge in [0.1, 0.15) is 11.8 Å². The smallest absolute Gasteiger partial charge is 0.339 e. The molecule has 84 valence electrons. The number of aromatic hydroxyl groups is 1. The van der Waals surface area contributed by atoms with Crippen molar-refractivity contribution in [1.82, 2.24) is 0 Å². The largest absolute Gasteiger partial charge is 0.508 e. The van der Waals surface area contributed by atoms with Crippen LogP contribution in [-0.2, 0) is 10.6 Å². The van der Waals surface area contributed by atoms with Gasteiger partial charge in [-0.25, -0.2) is 4.79 Å². The van der Waals surface area contributed by atoms with Crippen LogP contribution in [0.1, 0.15) is 28.4 Å². The summed E-state index contributed by atoms with van der Waals surface area (Å²) in [6.07, 6.45) is 0. The van der Waals surface area contributed by atoms with Crippen molar-refractivity contribution in [1.29, 1.82) is 5.26 Å². The minimum Gasteiger partial charge on any atom is -0.508 e. The second-order valence-corrected chi connectivity index (χ2v) is 3.22. The third-order valence-corrected chi connectivity index (χ3v) is 2.30. The summed E-state index contributed by atoms with van der Waals surface area (Å²) in [6, 6.07) is 4.52. The molecule has 1 aromatic carbocycles. The van der Waals surface area contributed by atoms with Crippen LogP contribution in [0.3, 0.4) is 0 Å². The lowest BCUT2D eigenvalue weighted by Gasteiger charge is -2.08. The maximum absolute atomic E-state index is 11.5. The number of ether oxygens (including phenoxy) is 1. The standard InChI is InChI=1S/C11H10ClNO3/c1-2-16-11(15)7-3-4-10(14)8(5-12)9(7)6-13/h3-4,14H,2,5H2,1H3. The summed E-state index contributed by atoms with van der Waals surface area (Å²) in [5.74, 6) is -0.730. The monoisotopic (exact) mass is 239 g/mol. The van der Waals surface area contributed by atoms with Gasteiger partial charge in [-0.15, -0.1) is 11.6 Å². The summed E-state index contributed by atoms with van der Waals surface area (Å²) in [6.45, 7) is 1.90. The van der Waals surface area contributed by atoms with Gasteiger partial charge in [-0.2, -0.15) is 5.26 Å². The van der Waals surface area contributed by atoms with Gasteiger partial charge in [0.2, 0.25) is 0 Å². The maximum atomic E-state index is 11.5. The van der Waals surface area contributed by atoms with E-state index in [2.05, 4.69) is 0 Å². The molecule has 0 bridgehead atoms. The number of hydrogen-bond acceptors (Lipinski definition) is 4. The molecular formula is C11H10ClNO3. The SMILES string of the molecule is CCOC(=O)c1ccc(O)c(CCl)c1C#N. The fourth-order valence-corrected chi connectivity index (χ4v) is 1.55. The number of alkyl halides is 1. The Bertz CT molecular complexity index is 451. The molecular weight excluding hydrogens is 230 g/mol. The van der Waals surface area contributed by atoms with Crippen molar-refractivity contribution in [2.75, 3.05) is 6.61 Å². The summed E-state index contributed by atoms with van der Waals surface area (Å²) < 4.78 is 4.80. The first-order valence-electron chi connectivity index (χ1n) is 4.63. The Labute approximate surface area is 98.0 Å². The van der Waals surface area contributed by atoms with Crippen molar-refractivity contribution < 1.29 is 14.6 Å². The van der Waals surface area contributed by atoms with Gasteiger partial charge >= 0.3 is 5.97 Å². The number of carbonyl (C=O) groups excluding carboxylic acids is 1. The number of nitrogens with zero attached hydrogens (tertiary/aromatic N) is 1. The molecule has 0 radical (unpaired) electrons. The average molecular weight is 240 g/mol. The maximum Gasteiger partial charge on any atom is 0.339 e. The van der Waals surface area contributed by atoms with E-state index in [4.69, 9.17) is 21.6 Å². The van der Waals surface area contributed by atoms with Crippen molar-refractivity contribution >= 4 is 17.6 Å². The second kappa shape index (κ2) is 5.38. The molecule has 1 rings (SSSR count). The van der Waals surface area contributed by atoms with E-state index >= 15 is 0 Å². The van der Waals surface area contributed by atoms with Gasteiger partial charge in [0.25, 0.3) is 0 Å². The van der Waals surface area contributed by atoms with Crippen LogP contribution in [0.15, 0.2) is 12.1 Å². The van der Waals surface area contributed by atoms with Gasteiger partial charge in [0, 0.05) is 5.56 Å². The van der Waals surface area contributed by atoms with Crippen molar-refractivity contribution in [3.63, 3.8) is 0 Å². The number of halogens is 1. The van der Waals surface area contributed by atoms with E-state index in [1.807, 2.05) is 6.07 Å². The number of hydrogen-bond donors (Lipinski definition) is 1. The summed E-state index contributed by atoms with van der Waals surface area (Å²) >= 11 is 5.61. The van der Waals surface area contributed by atoms with Gasteiger partial charge in [-0.1, -0.05) is 0 Å². The number of phenols is 1. The van der Waals surface area contributed by atoms with Crippen molar-refractivity contribution in [2.24, 2.45) is 0 Å².